The summed E-state index contributed by atoms with van der Waals surface area (Å²) in [6.07, 6.45) is 0. The van der Waals surface area contributed by atoms with E-state index in [0.717, 1.165) is 11.2 Å². The van der Waals surface area contributed by atoms with E-state index >= 15 is 0 Å². The Morgan fingerprint density at radius 3 is 2.12 bits per heavy atom. The molecular formula is C15H19N. The summed E-state index contributed by atoms with van der Waals surface area (Å²) in [5.41, 5.74) is 4.98. The van der Waals surface area contributed by atoms with Crippen LogP contribution in [0.5, 0.6) is 0 Å². The zero-order valence-corrected chi connectivity index (χ0v) is 10.8. The summed E-state index contributed by atoms with van der Waals surface area (Å²) in [4.78, 5) is 4.81. The third-order valence-corrected chi connectivity index (χ3v) is 3.05. The molecule has 0 unspecified atom stereocenters. The number of aromatic nitrogens is 1. The molecule has 1 heterocycles. The molecule has 16 heavy (non-hydrogen) atoms. The van der Waals surface area contributed by atoms with Crippen LogP contribution in [0.4, 0.5) is 0 Å². The van der Waals surface area contributed by atoms with Crippen LogP contribution in [0.15, 0.2) is 24.3 Å². The number of hydrogen-bond acceptors (Lipinski definition) is 1. The fraction of sp³-hybridized carbons (Fsp3) is 0.400. The van der Waals surface area contributed by atoms with Gasteiger partial charge in [-0.2, -0.15) is 0 Å². The molecule has 0 aliphatic carbocycles. The SMILES string of the molecule is Cc1ccc(C)c2nc(C(C)(C)C)ccc12. The zero-order valence-electron chi connectivity index (χ0n) is 10.8. The first-order valence-corrected chi connectivity index (χ1v) is 5.77. The molecular weight excluding hydrogens is 194 g/mol. The summed E-state index contributed by atoms with van der Waals surface area (Å²) in [6.45, 7) is 10.9. The smallest absolute Gasteiger partial charge is 0.0737 e. The largest absolute Gasteiger partial charge is 0.252 e. The molecule has 84 valence electrons. The molecule has 1 aromatic carbocycles. The minimum absolute atomic E-state index is 0.115. The van der Waals surface area contributed by atoms with Crippen LogP contribution in [0.2, 0.25) is 0 Å². The van der Waals surface area contributed by atoms with Gasteiger partial charge in [-0.1, -0.05) is 39.0 Å². The van der Waals surface area contributed by atoms with E-state index in [9.17, 15) is 0 Å². The number of aryl methyl sites for hydroxylation is 2. The molecule has 0 spiro atoms. The van der Waals surface area contributed by atoms with Crippen LogP contribution >= 0.6 is 0 Å². The third kappa shape index (κ3) is 1.82. The maximum absolute atomic E-state index is 4.81. The zero-order chi connectivity index (χ0) is 11.9. The molecule has 0 fully saturated rings. The Kier molecular flexibility index (Phi) is 2.49. The average molecular weight is 213 g/mol. The van der Waals surface area contributed by atoms with Crippen LogP contribution in [0.25, 0.3) is 10.9 Å². The fourth-order valence-electron chi connectivity index (χ4n) is 1.91. The second kappa shape index (κ2) is 3.58. The lowest BCUT2D eigenvalue weighted by Gasteiger charge is -2.18. The molecule has 2 aromatic rings. The normalized spacial score (nSPS) is 12.1. The van der Waals surface area contributed by atoms with Gasteiger partial charge in [0.2, 0.25) is 0 Å². The van der Waals surface area contributed by atoms with Crippen molar-refractivity contribution in [2.75, 3.05) is 0 Å². The Labute approximate surface area is 97.5 Å². The first kappa shape index (κ1) is 11.1. The maximum atomic E-state index is 4.81. The van der Waals surface area contributed by atoms with Crippen molar-refractivity contribution in [2.45, 2.75) is 40.0 Å². The van der Waals surface area contributed by atoms with E-state index in [1.165, 1.54) is 16.5 Å². The van der Waals surface area contributed by atoms with Gasteiger partial charge in [-0.05, 0) is 31.0 Å². The highest BCUT2D eigenvalue weighted by molar-refractivity contribution is 5.85. The van der Waals surface area contributed by atoms with Crippen molar-refractivity contribution in [3.05, 3.63) is 41.1 Å². The molecule has 0 saturated carbocycles. The topological polar surface area (TPSA) is 12.9 Å². The predicted molar refractivity (Wildman–Crippen MR) is 69.9 cm³/mol. The molecule has 1 nitrogen and oxygen atoms in total. The quantitative estimate of drug-likeness (QED) is 0.640. The standard InChI is InChI=1S/C15H19N/c1-10-6-7-11(2)14-12(10)8-9-13(16-14)15(3,4)5/h6-9H,1-5H3. The highest BCUT2D eigenvalue weighted by Gasteiger charge is 2.16. The van der Waals surface area contributed by atoms with Crippen molar-refractivity contribution in [1.82, 2.24) is 4.98 Å². The molecule has 1 aromatic heterocycles. The van der Waals surface area contributed by atoms with Gasteiger partial charge in [-0.25, -0.2) is 0 Å². The van der Waals surface area contributed by atoms with Gasteiger partial charge >= 0.3 is 0 Å². The van der Waals surface area contributed by atoms with Gasteiger partial charge in [0.1, 0.15) is 0 Å². The van der Waals surface area contributed by atoms with Crippen LogP contribution in [0, 0.1) is 13.8 Å². The van der Waals surface area contributed by atoms with Gasteiger partial charge in [0.05, 0.1) is 5.52 Å². The van der Waals surface area contributed by atoms with E-state index in [2.05, 4.69) is 58.9 Å². The van der Waals surface area contributed by atoms with E-state index in [1.807, 2.05) is 0 Å². The minimum Gasteiger partial charge on any atom is -0.252 e. The van der Waals surface area contributed by atoms with Crippen LogP contribution in [-0.2, 0) is 5.41 Å². The second-order valence-electron chi connectivity index (χ2n) is 5.54. The molecule has 0 aliphatic rings. The van der Waals surface area contributed by atoms with Crippen molar-refractivity contribution in [3.8, 4) is 0 Å². The van der Waals surface area contributed by atoms with Crippen molar-refractivity contribution < 1.29 is 0 Å². The van der Waals surface area contributed by atoms with Gasteiger partial charge in [0.25, 0.3) is 0 Å². The summed E-state index contributed by atoms with van der Waals surface area (Å²) in [5.74, 6) is 0. The van der Waals surface area contributed by atoms with Crippen molar-refractivity contribution in [2.24, 2.45) is 0 Å². The Hall–Kier alpha value is -1.37. The predicted octanol–water partition coefficient (Wildman–Crippen LogP) is 4.15. The lowest BCUT2D eigenvalue weighted by molar-refractivity contribution is 0.571. The number of nitrogens with zero attached hydrogens (tertiary/aromatic N) is 1. The summed E-state index contributed by atoms with van der Waals surface area (Å²) in [5, 5.41) is 1.27. The first-order chi connectivity index (χ1) is 7.39. The Balaban J connectivity index is 2.76. The Morgan fingerprint density at radius 2 is 1.50 bits per heavy atom. The van der Waals surface area contributed by atoms with E-state index in [0.29, 0.717) is 0 Å². The van der Waals surface area contributed by atoms with Gasteiger partial charge in [0.15, 0.2) is 0 Å². The fourth-order valence-corrected chi connectivity index (χ4v) is 1.91. The number of benzene rings is 1. The van der Waals surface area contributed by atoms with Gasteiger partial charge in [-0.3, -0.25) is 4.98 Å². The van der Waals surface area contributed by atoms with Gasteiger partial charge < -0.3 is 0 Å². The summed E-state index contributed by atoms with van der Waals surface area (Å²) in [7, 11) is 0. The number of rotatable bonds is 0. The molecule has 0 amide bonds. The maximum Gasteiger partial charge on any atom is 0.0737 e. The molecule has 1 heteroatoms. The van der Waals surface area contributed by atoms with Crippen LogP contribution < -0.4 is 0 Å². The minimum atomic E-state index is 0.115. The van der Waals surface area contributed by atoms with Gasteiger partial charge in [0, 0.05) is 16.5 Å². The molecule has 0 atom stereocenters. The summed E-state index contributed by atoms with van der Waals surface area (Å²) < 4.78 is 0. The monoisotopic (exact) mass is 213 g/mol. The highest BCUT2D eigenvalue weighted by atomic mass is 14.7. The van der Waals surface area contributed by atoms with Crippen LogP contribution in [0.1, 0.15) is 37.6 Å². The Morgan fingerprint density at radius 1 is 0.875 bits per heavy atom. The molecule has 0 N–H and O–H groups in total. The van der Waals surface area contributed by atoms with E-state index in [4.69, 9.17) is 4.98 Å². The molecule has 0 saturated heterocycles. The number of fused-ring (bicyclic) bond motifs is 1. The van der Waals surface area contributed by atoms with E-state index < -0.39 is 0 Å². The van der Waals surface area contributed by atoms with E-state index in [-0.39, 0.29) is 5.41 Å². The highest BCUT2D eigenvalue weighted by Crippen LogP contribution is 2.26. The molecule has 0 aliphatic heterocycles. The first-order valence-electron chi connectivity index (χ1n) is 5.77. The lowest BCUT2D eigenvalue weighted by Crippen LogP contribution is -2.13. The average Bonchev–Trinajstić information content (AvgIpc) is 2.22. The second-order valence-corrected chi connectivity index (χ2v) is 5.54. The van der Waals surface area contributed by atoms with Crippen molar-refractivity contribution >= 4 is 10.9 Å². The number of pyridine rings is 1. The summed E-state index contributed by atoms with van der Waals surface area (Å²) in [6, 6.07) is 8.66. The molecule has 0 radical (unpaired) electrons. The van der Waals surface area contributed by atoms with Gasteiger partial charge in [-0.15, -0.1) is 0 Å². The Bertz CT molecular complexity index is 533. The number of hydrogen-bond donors (Lipinski definition) is 0. The molecule has 2 rings (SSSR count). The van der Waals surface area contributed by atoms with E-state index in [1.54, 1.807) is 0 Å². The summed E-state index contributed by atoms with van der Waals surface area (Å²) >= 11 is 0. The van der Waals surface area contributed by atoms with Crippen molar-refractivity contribution in [1.29, 1.82) is 0 Å². The third-order valence-electron chi connectivity index (χ3n) is 3.05. The van der Waals surface area contributed by atoms with Crippen molar-refractivity contribution in [3.63, 3.8) is 0 Å². The lowest BCUT2D eigenvalue weighted by atomic mass is 9.90. The molecule has 0 bridgehead atoms. The van der Waals surface area contributed by atoms with Crippen LogP contribution in [0.3, 0.4) is 0 Å². The van der Waals surface area contributed by atoms with Crippen LogP contribution in [-0.4, -0.2) is 4.98 Å².